The van der Waals surface area contributed by atoms with E-state index in [-0.39, 0.29) is 59.6 Å². The average Bonchev–Trinajstić information content (AvgIpc) is 3.99. The molecule has 2 aliphatic heterocycles. The molecule has 6 rings (SSSR count). The van der Waals surface area contributed by atoms with Gasteiger partial charge >= 0.3 is 35.0 Å². The number of carbonyl (C=O) groups excluding carboxylic acids is 2. The van der Waals surface area contributed by atoms with Gasteiger partial charge in [0.1, 0.15) is 18.3 Å². The summed E-state index contributed by atoms with van der Waals surface area (Å²) in [6, 6.07) is -0.416. The molecule has 0 radical (unpaired) electrons. The van der Waals surface area contributed by atoms with Crippen LogP contribution >= 0.6 is 0 Å². The van der Waals surface area contributed by atoms with Crippen LogP contribution in [-0.2, 0) is 25.5 Å². The number of aromatic nitrogens is 3. The maximum Gasteiger partial charge on any atom is 2.00 e. The van der Waals surface area contributed by atoms with Gasteiger partial charge in [0.05, 0.1) is 18.5 Å². The van der Waals surface area contributed by atoms with Crippen molar-refractivity contribution in [2.24, 2.45) is 35.5 Å². The van der Waals surface area contributed by atoms with Crippen molar-refractivity contribution >= 4 is 70.6 Å². The van der Waals surface area contributed by atoms with Gasteiger partial charge in [0.25, 0.3) is 0 Å². The van der Waals surface area contributed by atoms with Gasteiger partial charge in [-0.3, -0.25) is 9.59 Å². The fraction of sp³-hybridized carbons (Fsp3) is 0.564. The van der Waals surface area contributed by atoms with Crippen LogP contribution < -0.4 is 36.6 Å². The first-order valence-electron chi connectivity index (χ1n) is 24.3. The molecule has 9 nitrogen and oxygen atoms in total. The minimum Gasteiger partial charge on any atom is -0.657 e. The molecule has 1 saturated heterocycles. The Kier molecular flexibility index (Phi) is 18.4. The minimum absolute atomic E-state index is 0. The average molecular weight is 898 g/mol. The first kappa shape index (κ1) is 51.8. The molecule has 10 heteroatoms. The Balaban J connectivity index is 0.00000793. The van der Waals surface area contributed by atoms with E-state index in [0.29, 0.717) is 22.6 Å². The molecule has 0 amide bonds. The van der Waals surface area contributed by atoms with Crippen molar-refractivity contribution in [2.45, 2.75) is 152 Å². The maximum absolute atomic E-state index is 13.7. The number of aliphatic hydroxyl groups excluding tert-OH is 1. The SMILES string of the molecule is C=Cc1c2[n-]c(c1C)/C=C1\NC(C3=c4[nH]c(c(C)c4=C(O)[C@@H]3C(=O)OC)/C=c3\[n-]/c(c(C)c3CC)=C\2)[C@@H](CCC(=O)OC/C=C(\C)CCC[C@H](C)CCC[C@H](C)CCCC(C)C)[C@@H]1C.[Mg+2]. The molecule has 65 heavy (non-hydrogen) atoms. The number of esters is 2. The Hall–Kier alpha value is -4.15. The van der Waals surface area contributed by atoms with Crippen LogP contribution in [0.1, 0.15) is 164 Å². The van der Waals surface area contributed by atoms with Crippen molar-refractivity contribution in [3.63, 3.8) is 0 Å². The van der Waals surface area contributed by atoms with E-state index in [4.69, 9.17) is 19.4 Å². The van der Waals surface area contributed by atoms with E-state index in [1.807, 2.05) is 25.2 Å². The van der Waals surface area contributed by atoms with E-state index >= 15 is 0 Å². The summed E-state index contributed by atoms with van der Waals surface area (Å²) < 4.78 is 11.2. The van der Waals surface area contributed by atoms with E-state index in [9.17, 15) is 14.7 Å². The summed E-state index contributed by atoms with van der Waals surface area (Å²) in [5, 5.41) is 18.7. The van der Waals surface area contributed by atoms with Crippen LogP contribution in [0.2, 0.25) is 0 Å². The number of fused-ring (bicyclic) bond motifs is 8. The van der Waals surface area contributed by atoms with Crippen LogP contribution in [0.4, 0.5) is 0 Å². The Bertz CT molecular complexity index is 2510. The van der Waals surface area contributed by atoms with Crippen molar-refractivity contribution < 1.29 is 24.2 Å². The fourth-order valence-corrected chi connectivity index (χ4v) is 10.6. The van der Waals surface area contributed by atoms with Gasteiger partial charge in [-0.25, -0.2) is 0 Å². The van der Waals surface area contributed by atoms with Crippen molar-refractivity contribution in [2.75, 3.05) is 13.7 Å². The molecule has 5 heterocycles. The molecule has 3 aromatic heterocycles. The van der Waals surface area contributed by atoms with Crippen molar-refractivity contribution in [1.29, 1.82) is 0 Å². The van der Waals surface area contributed by atoms with Gasteiger partial charge in [-0.2, -0.15) is 0 Å². The summed E-state index contributed by atoms with van der Waals surface area (Å²) in [6.07, 6.45) is 22.9. The second kappa shape index (κ2) is 23.0. The predicted octanol–water partition coefficient (Wildman–Crippen LogP) is 8.24. The summed E-state index contributed by atoms with van der Waals surface area (Å²) in [6.45, 7) is 26.4. The number of hydrogen-bond acceptors (Lipinski definition) is 6. The summed E-state index contributed by atoms with van der Waals surface area (Å²) in [4.78, 5) is 41.0. The van der Waals surface area contributed by atoms with E-state index in [1.165, 1.54) is 57.6 Å². The van der Waals surface area contributed by atoms with Crippen LogP contribution in [0.25, 0.3) is 35.6 Å². The van der Waals surface area contributed by atoms with Gasteiger partial charge in [0.15, 0.2) is 0 Å². The number of allylic oxidation sites excluding steroid dienone is 2. The Morgan fingerprint density at radius 3 is 2.22 bits per heavy atom. The smallest absolute Gasteiger partial charge is 0.657 e. The molecule has 3 aliphatic rings. The van der Waals surface area contributed by atoms with Crippen molar-refractivity contribution in [1.82, 2.24) is 20.3 Å². The molecular weight excluding hydrogens is 821 g/mol. The number of carbonyl (C=O) groups is 2. The van der Waals surface area contributed by atoms with Crippen LogP contribution in [-0.4, -0.2) is 64.8 Å². The summed E-state index contributed by atoms with van der Waals surface area (Å²) in [5.41, 5.74) is 10.4. The molecule has 348 valence electrons. The molecule has 3 N–H and O–H groups in total. The predicted molar refractivity (Wildman–Crippen MR) is 267 cm³/mol. The summed E-state index contributed by atoms with van der Waals surface area (Å²) >= 11 is 0. The third-order valence-electron chi connectivity index (χ3n) is 14.7. The van der Waals surface area contributed by atoms with Crippen molar-refractivity contribution in [3.05, 3.63) is 90.1 Å². The number of aliphatic hydroxyl groups is 1. The van der Waals surface area contributed by atoms with Gasteiger partial charge in [-0.1, -0.05) is 140 Å². The number of hydrogen-bond donors (Lipinski definition) is 3. The number of nitrogens with one attached hydrogen (secondary N) is 2. The third kappa shape index (κ3) is 11.7. The van der Waals surface area contributed by atoms with Crippen LogP contribution in [0.15, 0.2) is 23.9 Å². The topological polar surface area (TPSA) is 129 Å². The molecular formula is C55H76MgN4O5. The van der Waals surface area contributed by atoms with Gasteiger partial charge in [-0.05, 0) is 99.8 Å². The first-order valence-corrected chi connectivity index (χ1v) is 24.3. The molecule has 1 aliphatic carbocycles. The first-order chi connectivity index (χ1) is 30.6. The molecule has 0 spiro atoms. The molecule has 3 aromatic rings. The molecule has 1 fully saturated rings. The number of aromatic amines is 1. The van der Waals surface area contributed by atoms with E-state index in [2.05, 4.69) is 91.3 Å². The largest absolute Gasteiger partial charge is 2.00 e. The van der Waals surface area contributed by atoms with Crippen LogP contribution in [0, 0.1) is 56.3 Å². The van der Waals surface area contributed by atoms with Crippen LogP contribution in [0.5, 0.6) is 0 Å². The number of methoxy groups -OCH3 is 1. The van der Waals surface area contributed by atoms with E-state index < -0.39 is 17.9 Å². The Labute approximate surface area is 404 Å². The number of rotatable bonds is 20. The van der Waals surface area contributed by atoms with Gasteiger partial charge in [0, 0.05) is 28.9 Å². The zero-order valence-electron chi connectivity index (χ0n) is 41.5. The van der Waals surface area contributed by atoms with Gasteiger partial charge in [-0.15, -0.1) is 22.1 Å². The standard InChI is InChI=1S/C55H76N4O5.Mg/c1-13-39-35(8)42-28-44-37(10)41(24-25-48(60)64-27-26-34(7)23-17-22-33(6)21-16-20-32(5)19-15-18-31(3)4)52(58-44)50-51(55(62)63-12)54(61)49-38(11)45(59-53(49)50)30-47-40(14-2)36(9)43(57-47)29-46(39)56-42;/h13,26,28-33,37,41,51-52,58-59,61H,1,14-25,27H2,2-12H3;/q-2;+2/b34-26+,43-29-,44-28-,47-30-;/t32-,33-,37+,41+,51-,52?;/m1./s1. The third-order valence-corrected chi connectivity index (χ3v) is 14.7. The zero-order chi connectivity index (χ0) is 46.4. The number of nitrogens with zero attached hydrogens (tertiary/aromatic N) is 2. The maximum atomic E-state index is 13.7. The monoisotopic (exact) mass is 897 g/mol. The number of ether oxygens (including phenoxy) is 2. The second-order valence-electron chi connectivity index (χ2n) is 19.8. The fourth-order valence-electron chi connectivity index (χ4n) is 10.6. The Morgan fingerprint density at radius 1 is 0.892 bits per heavy atom. The molecule has 0 aromatic carbocycles. The van der Waals surface area contributed by atoms with Gasteiger partial charge in [0.2, 0.25) is 0 Å². The Morgan fingerprint density at radius 2 is 1.57 bits per heavy atom. The minimum atomic E-state index is -1.01. The quantitative estimate of drug-likeness (QED) is 0.0588. The van der Waals surface area contributed by atoms with Gasteiger partial charge < -0.3 is 34.8 Å². The van der Waals surface area contributed by atoms with E-state index in [0.717, 1.165) is 98.3 Å². The molecule has 8 bridgehead atoms. The van der Waals surface area contributed by atoms with Crippen molar-refractivity contribution in [3.8, 4) is 0 Å². The molecule has 1 unspecified atom stereocenters. The number of H-pyrrole nitrogens is 1. The molecule has 0 saturated carbocycles. The normalized spacial score (nSPS) is 21.7. The summed E-state index contributed by atoms with van der Waals surface area (Å²) in [5.74, 6) is 0.326. The van der Waals surface area contributed by atoms with Crippen LogP contribution in [0.3, 0.4) is 0 Å². The zero-order valence-corrected chi connectivity index (χ0v) is 42.9. The summed E-state index contributed by atoms with van der Waals surface area (Å²) in [7, 11) is 1.35. The second-order valence-corrected chi connectivity index (χ2v) is 19.8. The molecule has 6 atom stereocenters. The van der Waals surface area contributed by atoms with E-state index in [1.54, 1.807) is 0 Å².